The number of thiazole rings is 1. The summed E-state index contributed by atoms with van der Waals surface area (Å²) in [5.41, 5.74) is 2.42. The Kier molecular flexibility index (Phi) is 4.24. The van der Waals surface area contributed by atoms with Gasteiger partial charge in [0.25, 0.3) is 5.91 Å². The summed E-state index contributed by atoms with van der Waals surface area (Å²) < 4.78 is 0. The molecule has 2 N–H and O–H groups in total. The summed E-state index contributed by atoms with van der Waals surface area (Å²) in [5.74, 6) is -0.186. The second-order valence-electron chi connectivity index (χ2n) is 4.29. The highest BCUT2D eigenvalue weighted by Crippen LogP contribution is 2.20. The number of hydrogen-bond donors (Lipinski definition) is 2. The van der Waals surface area contributed by atoms with Crippen LogP contribution in [-0.4, -0.2) is 22.9 Å². The van der Waals surface area contributed by atoms with Crippen LogP contribution in [0.3, 0.4) is 0 Å². The molecular formula is C13H16N4OS. The highest BCUT2D eigenvalue weighted by atomic mass is 32.1. The van der Waals surface area contributed by atoms with Crippen molar-refractivity contribution >= 4 is 22.4 Å². The van der Waals surface area contributed by atoms with E-state index in [9.17, 15) is 4.79 Å². The first-order valence-corrected chi connectivity index (χ1v) is 6.84. The van der Waals surface area contributed by atoms with Crippen LogP contribution in [0.2, 0.25) is 0 Å². The largest absolute Gasteiger partial charge is 0.312 e. The van der Waals surface area contributed by atoms with Gasteiger partial charge in [0.15, 0.2) is 5.13 Å². The number of carbonyl (C=O) groups is 1. The van der Waals surface area contributed by atoms with Crippen LogP contribution in [0.5, 0.6) is 0 Å². The molecule has 0 aromatic carbocycles. The third-order valence-electron chi connectivity index (χ3n) is 2.76. The zero-order chi connectivity index (χ0) is 13.8. The third-order valence-corrected chi connectivity index (χ3v) is 3.53. The normalized spacial score (nSPS) is 12.2. The summed E-state index contributed by atoms with van der Waals surface area (Å²) in [6, 6.07) is 1.97. The van der Waals surface area contributed by atoms with E-state index in [2.05, 4.69) is 20.6 Å². The van der Waals surface area contributed by atoms with E-state index in [0.717, 1.165) is 11.3 Å². The van der Waals surface area contributed by atoms with Gasteiger partial charge in [0.2, 0.25) is 0 Å². The Morgan fingerprint density at radius 3 is 2.89 bits per heavy atom. The minimum atomic E-state index is -0.186. The molecule has 1 unspecified atom stereocenters. The molecule has 6 heteroatoms. The molecule has 1 amide bonds. The topological polar surface area (TPSA) is 66.9 Å². The maximum absolute atomic E-state index is 12.0. The van der Waals surface area contributed by atoms with Crippen molar-refractivity contribution in [3.63, 3.8) is 0 Å². The summed E-state index contributed by atoms with van der Waals surface area (Å²) in [6.45, 7) is 3.92. The number of carbonyl (C=O) groups excluding carboxylic acids is 1. The molecule has 19 heavy (non-hydrogen) atoms. The number of anilines is 1. The van der Waals surface area contributed by atoms with Crippen LogP contribution in [0.25, 0.3) is 0 Å². The Labute approximate surface area is 116 Å². The van der Waals surface area contributed by atoms with Crippen molar-refractivity contribution in [1.29, 1.82) is 0 Å². The minimum Gasteiger partial charge on any atom is -0.312 e. The number of amides is 1. The summed E-state index contributed by atoms with van der Waals surface area (Å²) in [6.07, 6.45) is 3.26. The zero-order valence-electron chi connectivity index (χ0n) is 11.1. The molecule has 0 aliphatic carbocycles. The molecule has 0 saturated carbocycles. The number of aromatic nitrogens is 2. The zero-order valence-corrected chi connectivity index (χ0v) is 11.9. The van der Waals surface area contributed by atoms with E-state index in [4.69, 9.17) is 0 Å². The smallest absolute Gasteiger partial charge is 0.259 e. The van der Waals surface area contributed by atoms with Crippen LogP contribution in [0.1, 0.15) is 34.6 Å². The fraction of sp³-hybridized carbons (Fsp3) is 0.308. The Hall–Kier alpha value is -1.79. The number of nitrogens with zero attached hydrogens (tertiary/aromatic N) is 2. The lowest BCUT2D eigenvalue weighted by atomic mass is 10.2. The van der Waals surface area contributed by atoms with Crippen LogP contribution < -0.4 is 10.6 Å². The molecule has 2 aromatic rings. The third kappa shape index (κ3) is 3.36. The van der Waals surface area contributed by atoms with Crippen molar-refractivity contribution in [2.45, 2.75) is 19.9 Å². The van der Waals surface area contributed by atoms with Crippen molar-refractivity contribution < 1.29 is 4.79 Å². The Morgan fingerprint density at radius 2 is 2.21 bits per heavy atom. The summed E-state index contributed by atoms with van der Waals surface area (Å²) >= 11 is 1.42. The van der Waals surface area contributed by atoms with E-state index < -0.39 is 0 Å². The Bertz CT molecular complexity index is 582. The highest BCUT2D eigenvalue weighted by molar-refractivity contribution is 7.14. The molecule has 0 fully saturated rings. The summed E-state index contributed by atoms with van der Waals surface area (Å²) in [5, 5.41) is 8.43. The van der Waals surface area contributed by atoms with E-state index >= 15 is 0 Å². The van der Waals surface area contributed by atoms with Crippen molar-refractivity contribution in [2.24, 2.45) is 0 Å². The lowest BCUT2D eigenvalue weighted by Gasteiger charge is -2.05. The van der Waals surface area contributed by atoms with E-state index in [0.29, 0.717) is 10.7 Å². The molecule has 2 aromatic heterocycles. The van der Waals surface area contributed by atoms with Crippen LogP contribution in [-0.2, 0) is 0 Å². The molecule has 0 bridgehead atoms. The fourth-order valence-electron chi connectivity index (χ4n) is 1.54. The van der Waals surface area contributed by atoms with E-state index in [-0.39, 0.29) is 11.9 Å². The first kappa shape index (κ1) is 13.6. The standard InChI is InChI=1S/C13H16N4OS/c1-8-4-10(6-15-5-8)12(18)17-13-16-11(7-19-13)9(2)14-3/h4-7,9,14H,1-3H3,(H,16,17,18). The monoisotopic (exact) mass is 276 g/mol. The number of rotatable bonds is 4. The number of pyridine rings is 1. The van der Waals surface area contributed by atoms with Crippen molar-refractivity contribution in [2.75, 3.05) is 12.4 Å². The van der Waals surface area contributed by atoms with Crippen LogP contribution in [0, 0.1) is 6.92 Å². The van der Waals surface area contributed by atoms with Gasteiger partial charge in [-0.05, 0) is 32.5 Å². The molecule has 0 aliphatic rings. The lowest BCUT2D eigenvalue weighted by molar-refractivity contribution is 0.102. The molecule has 2 rings (SSSR count). The maximum atomic E-state index is 12.0. The first-order valence-electron chi connectivity index (χ1n) is 5.96. The molecule has 0 radical (unpaired) electrons. The van der Waals surface area contributed by atoms with Gasteiger partial charge in [-0.3, -0.25) is 15.1 Å². The fourth-order valence-corrected chi connectivity index (χ4v) is 2.34. The van der Waals surface area contributed by atoms with Crippen LogP contribution in [0.15, 0.2) is 23.8 Å². The van der Waals surface area contributed by atoms with E-state index in [1.807, 2.05) is 26.3 Å². The molecule has 5 nitrogen and oxygen atoms in total. The van der Waals surface area contributed by atoms with Gasteiger partial charge in [0.05, 0.1) is 11.3 Å². The summed E-state index contributed by atoms with van der Waals surface area (Å²) in [7, 11) is 1.88. The number of nitrogens with one attached hydrogen (secondary N) is 2. The average molecular weight is 276 g/mol. The van der Waals surface area contributed by atoms with E-state index in [1.54, 1.807) is 18.5 Å². The van der Waals surface area contributed by atoms with Crippen molar-refractivity contribution in [1.82, 2.24) is 15.3 Å². The molecule has 2 heterocycles. The van der Waals surface area contributed by atoms with E-state index in [1.165, 1.54) is 11.3 Å². The van der Waals surface area contributed by atoms with Crippen molar-refractivity contribution in [3.8, 4) is 0 Å². The minimum absolute atomic E-state index is 0.169. The molecule has 1 atom stereocenters. The van der Waals surface area contributed by atoms with Gasteiger partial charge in [-0.25, -0.2) is 4.98 Å². The number of aryl methyl sites for hydroxylation is 1. The molecule has 0 saturated heterocycles. The van der Waals surface area contributed by atoms with Gasteiger partial charge in [-0.1, -0.05) is 0 Å². The molecule has 0 spiro atoms. The molecule has 100 valence electrons. The van der Waals surface area contributed by atoms with Crippen LogP contribution >= 0.6 is 11.3 Å². The molecular weight excluding hydrogens is 260 g/mol. The van der Waals surface area contributed by atoms with Gasteiger partial charge in [0, 0.05) is 23.8 Å². The summed E-state index contributed by atoms with van der Waals surface area (Å²) in [4.78, 5) is 20.4. The second-order valence-corrected chi connectivity index (χ2v) is 5.15. The van der Waals surface area contributed by atoms with Crippen molar-refractivity contribution in [3.05, 3.63) is 40.7 Å². The maximum Gasteiger partial charge on any atom is 0.259 e. The van der Waals surface area contributed by atoms with Gasteiger partial charge >= 0.3 is 0 Å². The molecule has 0 aliphatic heterocycles. The van der Waals surface area contributed by atoms with Gasteiger partial charge in [-0.2, -0.15) is 0 Å². The number of hydrogen-bond acceptors (Lipinski definition) is 5. The average Bonchev–Trinajstić information content (AvgIpc) is 2.86. The predicted octanol–water partition coefficient (Wildman–Crippen LogP) is 2.38. The SMILES string of the molecule is CNC(C)c1csc(NC(=O)c2cncc(C)c2)n1. The van der Waals surface area contributed by atoms with Crippen LogP contribution in [0.4, 0.5) is 5.13 Å². The first-order chi connectivity index (χ1) is 9.10. The quantitative estimate of drug-likeness (QED) is 0.899. The highest BCUT2D eigenvalue weighted by Gasteiger charge is 2.11. The van der Waals surface area contributed by atoms with Gasteiger partial charge < -0.3 is 5.32 Å². The van der Waals surface area contributed by atoms with Gasteiger partial charge in [-0.15, -0.1) is 11.3 Å². The second kappa shape index (κ2) is 5.90. The lowest BCUT2D eigenvalue weighted by Crippen LogP contribution is -2.14. The Balaban J connectivity index is 2.09. The van der Waals surface area contributed by atoms with Gasteiger partial charge in [0.1, 0.15) is 0 Å². The Morgan fingerprint density at radius 1 is 1.42 bits per heavy atom. The predicted molar refractivity (Wildman–Crippen MR) is 76.5 cm³/mol.